The van der Waals surface area contributed by atoms with Gasteiger partial charge in [0.15, 0.2) is 6.10 Å². The monoisotopic (exact) mass is 1160 g/mol. The molecule has 0 aliphatic rings. The van der Waals surface area contributed by atoms with Crippen molar-refractivity contribution in [2.24, 2.45) is 0 Å². The molecule has 0 radical (unpaired) electrons. The number of carbonyl (C=O) groups is 3. The van der Waals surface area contributed by atoms with E-state index >= 15 is 0 Å². The lowest BCUT2D eigenvalue weighted by Gasteiger charge is -2.18. The van der Waals surface area contributed by atoms with Crippen LogP contribution in [0.2, 0.25) is 0 Å². The maximum atomic E-state index is 13.0. The van der Waals surface area contributed by atoms with Crippen LogP contribution >= 0.6 is 0 Å². The highest BCUT2D eigenvalue weighted by Gasteiger charge is 2.19. The van der Waals surface area contributed by atoms with E-state index in [4.69, 9.17) is 14.2 Å². The fourth-order valence-corrected chi connectivity index (χ4v) is 11.1. The van der Waals surface area contributed by atoms with Gasteiger partial charge in [0, 0.05) is 19.3 Å². The predicted molar refractivity (Wildman–Crippen MR) is 362 cm³/mol. The van der Waals surface area contributed by atoms with Gasteiger partial charge in [-0.05, 0) is 64.2 Å². The third-order valence-electron chi connectivity index (χ3n) is 16.5. The Hall–Kier alpha value is -2.89. The highest BCUT2D eigenvalue weighted by Crippen LogP contribution is 2.19. The van der Waals surface area contributed by atoms with Crippen molar-refractivity contribution >= 4 is 17.9 Å². The Morgan fingerprint density at radius 2 is 0.470 bits per heavy atom. The minimum Gasteiger partial charge on any atom is -0.462 e. The van der Waals surface area contributed by atoms with E-state index < -0.39 is 6.10 Å². The minimum atomic E-state index is -0.772. The number of carbonyl (C=O) groups excluding carboxylic acids is 3. The quantitative estimate of drug-likeness (QED) is 0.0261. The van der Waals surface area contributed by atoms with E-state index in [-0.39, 0.29) is 31.1 Å². The number of esters is 3. The highest BCUT2D eigenvalue weighted by atomic mass is 16.6. The zero-order valence-corrected chi connectivity index (χ0v) is 55.7. The summed E-state index contributed by atoms with van der Waals surface area (Å²) in [6.07, 6.45) is 92.6. The molecule has 0 N–H and O–H groups in total. The van der Waals surface area contributed by atoms with Crippen LogP contribution in [0.1, 0.15) is 393 Å². The second-order valence-corrected chi connectivity index (χ2v) is 24.8. The first kappa shape index (κ1) is 80.1. The molecule has 0 aromatic heterocycles. The third-order valence-corrected chi connectivity index (χ3v) is 16.5. The van der Waals surface area contributed by atoms with Crippen LogP contribution < -0.4 is 0 Å². The summed E-state index contributed by atoms with van der Waals surface area (Å²) in [5, 5.41) is 0. The summed E-state index contributed by atoms with van der Waals surface area (Å²) in [4.78, 5) is 38.5. The second-order valence-electron chi connectivity index (χ2n) is 24.8. The largest absolute Gasteiger partial charge is 0.462 e. The molecule has 1 atom stereocenters. The van der Waals surface area contributed by atoms with Crippen molar-refractivity contribution in [3.05, 3.63) is 60.8 Å². The van der Waals surface area contributed by atoms with E-state index in [0.717, 1.165) is 89.9 Å². The summed E-state index contributed by atoms with van der Waals surface area (Å²) >= 11 is 0. The summed E-state index contributed by atoms with van der Waals surface area (Å²) in [5.74, 6) is -0.838. The molecule has 0 heterocycles. The average Bonchev–Trinajstić information content (AvgIpc) is 3.49. The summed E-state index contributed by atoms with van der Waals surface area (Å²) in [5.41, 5.74) is 0. The molecule has 0 fully saturated rings. The molecule has 0 spiro atoms. The van der Waals surface area contributed by atoms with Gasteiger partial charge < -0.3 is 14.2 Å². The molecule has 0 rings (SSSR count). The van der Waals surface area contributed by atoms with Crippen LogP contribution in [0.5, 0.6) is 0 Å². The Morgan fingerprint density at radius 3 is 0.735 bits per heavy atom. The molecule has 6 heteroatoms. The van der Waals surface area contributed by atoms with Crippen molar-refractivity contribution < 1.29 is 28.6 Å². The number of hydrogen-bond acceptors (Lipinski definition) is 6. The summed E-state index contributed by atoms with van der Waals surface area (Å²) in [6, 6.07) is 0. The van der Waals surface area contributed by atoms with E-state index in [1.807, 2.05) is 0 Å². The molecule has 0 aromatic carbocycles. The summed E-state index contributed by atoms with van der Waals surface area (Å²) < 4.78 is 17.0. The van der Waals surface area contributed by atoms with Gasteiger partial charge in [-0.25, -0.2) is 0 Å². The van der Waals surface area contributed by atoms with Crippen LogP contribution in [0.3, 0.4) is 0 Å². The molecule has 1 unspecified atom stereocenters. The van der Waals surface area contributed by atoms with E-state index in [0.29, 0.717) is 19.3 Å². The molecule has 0 aromatic rings. The smallest absolute Gasteiger partial charge is 0.306 e. The Labute approximate surface area is 517 Å². The maximum Gasteiger partial charge on any atom is 0.306 e. The van der Waals surface area contributed by atoms with Crippen LogP contribution in [0.25, 0.3) is 0 Å². The minimum absolute atomic E-state index is 0.0672. The van der Waals surface area contributed by atoms with E-state index in [1.165, 1.54) is 263 Å². The van der Waals surface area contributed by atoms with Crippen LogP contribution in [0, 0.1) is 0 Å². The number of unbranched alkanes of at least 4 members (excludes halogenated alkanes) is 47. The van der Waals surface area contributed by atoms with Gasteiger partial charge in [0.1, 0.15) is 13.2 Å². The van der Waals surface area contributed by atoms with Crippen molar-refractivity contribution in [1.82, 2.24) is 0 Å². The van der Waals surface area contributed by atoms with Gasteiger partial charge in [-0.1, -0.05) is 370 Å². The number of rotatable bonds is 68. The lowest BCUT2D eigenvalue weighted by Crippen LogP contribution is -2.30. The SMILES string of the molecule is CC/C=C\C/C=C\C/C=C\C/C=C\C/C=C\CCCCCCCCCCCCCCCC(=O)OCC(COC(=O)CCCCCCCCCCCCCCCC)OC(=O)CCCCCCCCCCCCCCCCCCCCCCCC. The standard InChI is InChI=1S/C77H140O6/c1-4-7-10-13-16-19-22-25-28-30-32-34-36-37-38-39-40-41-42-44-45-47-49-52-55-58-61-64-67-70-76(79)82-73-74(72-81-75(78)69-66-63-60-57-54-51-27-24-21-18-15-12-9-6-3)83-77(80)71-68-65-62-59-56-53-50-48-46-43-35-33-31-29-26-23-20-17-14-11-8-5-2/h7,10,16,19,25,28,32,34,37-38,74H,4-6,8-9,11-15,17-18,20-24,26-27,29-31,33,35-36,39-73H2,1-3H3/b10-7-,19-16-,28-25-,34-32-,38-37-. The number of allylic oxidation sites excluding steroid dienone is 10. The van der Waals surface area contributed by atoms with Gasteiger partial charge in [0.05, 0.1) is 0 Å². The van der Waals surface area contributed by atoms with Crippen LogP contribution in [-0.2, 0) is 28.6 Å². The first-order valence-corrected chi connectivity index (χ1v) is 36.8. The Kier molecular flexibility index (Phi) is 69.1. The topological polar surface area (TPSA) is 78.9 Å². The Balaban J connectivity index is 4.23. The summed E-state index contributed by atoms with van der Waals surface area (Å²) in [6.45, 7) is 6.60. The molecule has 0 saturated carbocycles. The molecule has 0 bridgehead atoms. The first-order valence-electron chi connectivity index (χ1n) is 36.8. The molecule has 83 heavy (non-hydrogen) atoms. The van der Waals surface area contributed by atoms with E-state index in [2.05, 4.69) is 81.5 Å². The van der Waals surface area contributed by atoms with Crippen molar-refractivity contribution in [3.63, 3.8) is 0 Å². The predicted octanol–water partition coefficient (Wildman–Crippen LogP) is 25.5. The molecule has 484 valence electrons. The zero-order chi connectivity index (χ0) is 59.9. The van der Waals surface area contributed by atoms with Gasteiger partial charge in [-0.3, -0.25) is 14.4 Å². The third kappa shape index (κ3) is 69.8. The molecular weight excluding hydrogens is 1020 g/mol. The molecule has 0 aliphatic carbocycles. The normalized spacial score (nSPS) is 12.4. The van der Waals surface area contributed by atoms with Gasteiger partial charge in [-0.15, -0.1) is 0 Å². The van der Waals surface area contributed by atoms with Crippen molar-refractivity contribution in [2.45, 2.75) is 399 Å². The van der Waals surface area contributed by atoms with Gasteiger partial charge in [-0.2, -0.15) is 0 Å². The molecule has 6 nitrogen and oxygen atoms in total. The average molecular weight is 1160 g/mol. The van der Waals surface area contributed by atoms with Crippen molar-refractivity contribution in [3.8, 4) is 0 Å². The van der Waals surface area contributed by atoms with Crippen LogP contribution in [0.4, 0.5) is 0 Å². The molecular formula is C77H140O6. The first-order chi connectivity index (χ1) is 41.0. The number of hydrogen-bond donors (Lipinski definition) is 0. The lowest BCUT2D eigenvalue weighted by molar-refractivity contribution is -0.167. The second kappa shape index (κ2) is 71.6. The van der Waals surface area contributed by atoms with Crippen molar-refractivity contribution in [2.75, 3.05) is 13.2 Å². The fraction of sp³-hybridized carbons (Fsp3) is 0.831. The number of ether oxygens (including phenoxy) is 3. The van der Waals surface area contributed by atoms with Gasteiger partial charge in [0.25, 0.3) is 0 Å². The zero-order valence-electron chi connectivity index (χ0n) is 55.7. The summed E-state index contributed by atoms with van der Waals surface area (Å²) in [7, 11) is 0. The molecule has 0 amide bonds. The fourth-order valence-electron chi connectivity index (χ4n) is 11.1. The van der Waals surface area contributed by atoms with Crippen LogP contribution in [0.15, 0.2) is 60.8 Å². The Morgan fingerprint density at radius 1 is 0.253 bits per heavy atom. The molecule has 0 saturated heterocycles. The van der Waals surface area contributed by atoms with E-state index in [9.17, 15) is 14.4 Å². The highest BCUT2D eigenvalue weighted by molar-refractivity contribution is 5.71. The van der Waals surface area contributed by atoms with Crippen molar-refractivity contribution in [1.29, 1.82) is 0 Å². The van der Waals surface area contributed by atoms with E-state index in [1.54, 1.807) is 0 Å². The Bertz CT molecular complexity index is 1470. The van der Waals surface area contributed by atoms with Gasteiger partial charge >= 0.3 is 17.9 Å². The van der Waals surface area contributed by atoms with Gasteiger partial charge in [0.2, 0.25) is 0 Å². The maximum absolute atomic E-state index is 13.0. The molecule has 0 aliphatic heterocycles. The lowest BCUT2D eigenvalue weighted by atomic mass is 10.0. The van der Waals surface area contributed by atoms with Crippen LogP contribution in [-0.4, -0.2) is 37.2 Å².